The first-order valence-corrected chi connectivity index (χ1v) is 6.30. The summed E-state index contributed by atoms with van der Waals surface area (Å²) in [6.07, 6.45) is 0. The first-order valence-electron chi connectivity index (χ1n) is 6.30. The van der Waals surface area contributed by atoms with E-state index in [-0.39, 0.29) is 5.82 Å². The Morgan fingerprint density at radius 3 is 2.37 bits per heavy atom. The number of aryl methyl sites for hydroxylation is 1. The molecule has 0 saturated heterocycles. The van der Waals surface area contributed by atoms with Crippen molar-refractivity contribution in [1.29, 1.82) is 0 Å². The second-order valence-electron chi connectivity index (χ2n) is 4.55. The van der Waals surface area contributed by atoms with E-state index in [9.17, 15) is 4.39 Å². The maximum atomic E-state index is 13.4. The van der Waals surface area contributed by atoms with Gasteiger partial charge < -0.3 is 10.1 Å². The largest absolute Gasteiger partial charge is 0.489 e. The minimum absolute atomic E-state index is 0.234. The highest BCUT2D eigenvalue weighted by Gasteiger charge is 2.01. The van der Waals surface area contributed by atoms with Gasteiger partial charge in [0.05, 0.1) is 0 Å². The van der Waals surface area contributed by atoms with Crippen LogP contribution < -0.4 is 10.1 Å². The number of rotatable bonds is 5. The van der Waals surface area contributed by atoms with Gasteiger partial charge in [0.15, 0.2) is 0 Å². The van der Waals surface area contributed by atoms with Crippen molar-refractivity contribution in [3.05, 3.63) is 65.0 Å². The van der Waals surface area contributed by atoms with Gasteiger partial charge in [-0.1, -0.05) is 30.3 Å². The van der Waals surface area contributed by atoms with Crippen LogP contribution in [0.25, 0.3) is 0 Å². The van der Waals surface area contributed by atoms with E-state index in [1.54, 1.807) is 19.1 Å². The number of benzene rings is 2. The highest BCUT2D eigenvalue weighted by molar-refractivity contribution is 5.29. The summed E-state index contributed by atoms with van der Waals surface area (Å²) in [5.74, 6) is 0.323. The van der Waals surface area contributed by atoms with Gasteiger partial charge in [0.2, 0.25) is 0 Å². The van der Waals surface area contributed by atoms with E-state index in [0.717, 1.165) is 12.1 Å². The van der Waals surface area contributed by atoms with Gasteiger partial charge >= 0.3 is 0 Å². The molecular formula is C16H18FNO. The van der Waals surface area contributed by atoms with Crippen LogP contribution in [-0.4, -0.2) is 7.05 Å². The van der Waals surface area contributed by atoms with Crippen LogP contribution in [0.1, 0.15) is 16.7 Å². The number of hydrogen-bond acceptors (Lipinski definition) is 2. The fourth-order valence-corrected chi connectivity index (χ4v) is 1.79. The van der Waals surface area contributed by atoms with E-state index in [0.29, 0.717) is 17.9 Å². The lowest BCUT2D eigenvalue weighted by Crippen LogP contribution is -2.05. The third-order valence-corrected chi connectivity index (χ3v) is 2.95. The first-order chi connectivity index (χ1) is 9.19. The number of halogens is 1. The lowest BCUT2D eigenvalue weighted by molar-refractivity contribution is 0.304. The van der Waals surface area contributed by atoms with Gasteiger partial charge in [0.1, 0.15) is 18.2 Å². The van der Waals surface area contributed by atoms with Crippen molar-refractivity contribution in [2.24, 2.45) is 0 Å². The van der Waals surface area contributed by atoms with Crippen LogP contribution in [0.4, 0.5) is 4.39 Å². The molecule has 0 unspecified atom stereocenters. The Morgan fingerprint density at radius 1 is 1.05 bits per heavy atom. The Kier molecular flexibility index (Phi) is 4.53. The highest BCUT2D eigenvalue weighted by Crippen LogP contribution is 2.17. The number of ether oxygens (including phenoxy) is 1. The molecular weight excluding hydrogens is 241 g/mol. The molecule has 0 amide bonds. The molecule has 0 bridgehead atoms. The molecule has 0 aliphatic heterocycles. The lowest BCUT2D eigenvalue weighted by Gasteiger charge is -2.08. The van der Waals surface area contributed by atoms with Crippen LogP contribution in [0, 0.1) is 12.7 Å². The summed E-state index contributed by atoms with van der Waals surface area (Å²) < 4.78 is 18.9. The molecule has 100 valence electrons. The molecule has 0 aromatic heterocycles. The zero-order valence-corrected chi connectivity index (χ0v) is 11.2. The van der Waals surface area contributed by atoms with Crippen molar-refractivity contribution in [1.82, 2.24) is 5.32 Å². The molecule has 0 heterocycles. The normalized spacial score (nSPS) is 10.5. The Bertz CT molecular complexity index is 537. The van der Waals surface area contributed by atoms with Crippen LogP contribution in [-0.2, 0) is 13.2 Å². The topological polar surface area (TPSA) is 21.3 Å². The minimum atomic E-state index is -0.234. The Balaban J connectivity index is 1.96. The average Bonchev–Trinajstić information content (AvgIpc) is 2.42. The van der Waals surface area contributed by atoms with E-state index in [1.165, 1.54) is 11.6 Å². The molecule has 0 fully saturated rings. The second-order valence-corrected chi connectivity index (χ2v) is 4.55. The molecule has 19 heavy (non-hydrogen) atoms. The predicted octanol–water partition coefficient (Wildman–Crippen LogP) is 3.43. The Labute approximate surface area is 113 Å². The zero-order valence-electron chi connectivity index (χ0n) is 11.2. The summed E-state index contributed by atoms with van der Waals surface area (Å²) in [6.45, 7) is 3.03. The number of hydrogen-bond donors (Lipinski definition) is 1. The van der Waals surface area contributed by atoms with E-state index in [2.05, 4.69) is 17.4 Å². The summed E-state index contributed by atoms with van der Waals surface area (Å²) in [5.41, 5.74) is 2.93. The van der Waals surface area contributed by atoms with Crippen LogP contribution in [0.2, 0.25) is 0 Å². The monoisotopic (exact) mass is 259 g/mol. The summed E-state index contributed by atoms with van der Waals surface area (Å²) in [4.78, 5) is 0. The Morgan fingerprint density at radius 2 is 1.74 bits per heavy atom. The van der Waals surface area contributed by atoms with Crippen molar-refractivity contribution in [2.45, 2.75) is 20.1 Å². The minimum Gasteiger partial charge on any atom is -0.489 e. The van der Waals surface area contributed by atoms with Crippen molar-refractivity contribution in [3.63, 3.8) is 0 Å². The molecule has 0 aliphatic rings. The third kappa shape index (κ3) is 3.80. The summed E-state index contributed by atoms with van der Waals surface area (Å²) in [7, 11) is 1.92. The molecule has 0 atom stereocenters. The van der Waals surface area contributed by atoms with Gasteiger partial charge in [-0.25, -0.2) is 4.39 Å². The molecule has 3 heteroatoms. The van der Waals surface area contributed by atoms with Gasteiger partial charge in [0, 0.05) is 12.6 Å². The standard InChI is InChI=1S/C16H18FNO/c1-12-3-8-15(9-16(12)17)19-11-14-6-4-13(5-7-14)10-18-2/h3-9,18H,10-11H2,1-2H3. The molecule has 2 aromatic rings. The van der Waals surface area contributed by atoms with Crippen molar-refractivity contribution in [2.75, 3.05) is 7.05 Å². The number of nitrogens with one attached hydrogen (secondary N) is 1. The van der Waals surface area contributed by atoms with Crippen LogP contribution in [0.15, 0.2) is 42.5 Å². The van der Waals surface area contributed by atoms with Crippen LogP contribution in [0.5, 0.6) is 5.75 Å². The predicted molar refractivity (Wildman–Crippen MR) is 74.7 cm³/mol. The van der Waals surface area contributed by atoms with Gasteiger partial charge in [-0.05, 0) is 36.7 Å². The molecule has 1 N–H and O–H groups in total. The Hall–Kier alpha value is -1.87. The van der Waals surface area contributed by atoms with Gasteiger partial charge in [0.25, 0.3) is 0 Å². The quantitative estimate of drug-likeness (QED) is 0.888. The first kappa shape index (κ1) is 13.6. The zero-order chi connectivity index (χ0) is 13.7. The molecule has 0 saturated carbocycles. The summed E-state index contributed by atoms with van der Waals surface area (Å²) in [6, 6.07) is 13.1. The van der Waals surface area contributed by atoms with Gasteiger partial charge in [-0.2, -0.15) is 0 Å². The molecule has 0 radical (unpaired) electrons. The fourth-order valence-electron chi connectivity index (χ4n) is 1.79. The maximum absolute atomic E-state index is 13.4. The highest BCUT2D eigenvalue weighted by atomic mass is 19.1. The van der Waals surface area contributed by atoms with Crippen LogP contribution in [0.3, 0.4) is 0 Å². The lowest BCUT2D eigenvalue weighted by atomic mass is 10.1. The second kappa shape index (κ2) is 6.34. The van der Waals surface area contributed by atoms with Crippen molar-refractivity contribution in [3.8, 4) is 5.75 Å². The van der Waals surface area contributed by atoms with E-state index >= 15 is 0 Å². The molecule has 0 aliphatic carbocycles. The van der Waals surface area contributed by atoms with Gasteiger partial charge in [-0.15, -0.1) is 0 Å². The fraction of sp³-hybridized carbons (Fsp3) is 0.250. The molecule has 0 spiro atoms. The molecule has 2 aromatic carbocycles. The van der Waals surface area contributed by atoms with Crippen molar-refractivity contribution >= 4 is 0 Å². The molecule has 2 nitrogen and oxygen atoms in total. The van der Waals surface area contributed by atoms with Crippen LogP contribution >= 0.6 is 0 Å². The SMILES string of the molecule is CNCc1ccc(COc2ccc(C)c(F)c2)cc1. The summed E-state index contributed by atoms with van der Waals surface area (Å²) in [5, 5.41) is 3.10. The third-order valence-electron chi connectivity index (χ3n) is 2.95. The maximum Gasteiger partial charge on any atom is 0.129 e. The van der Waals surface area contributed by atoms with Gasteiger partial charge in [-0.3, -0.25) is 0 Å². The summed E-state index contributed by atoms with van der Waals surface area (Å²) >= 11 is 0. The molecule has 2 rings (SSSR count). The van der Waals surface area contributed by atoms with Crippen molar-refractivity contribution < 1.29 is 9.13 Å². The van der Waals surface area contributed by atoms with E-state index in [4.69, 9.17) is 4.74 Å². The smallest absolute Gasteiger partial charge is 0.129 e. The average molecular weight is 259 g/mol. The van der Waals surface area contributed by atoms with E-state index < -0.39 is 0 Å². The van der Waals surface area contributed by atoms with E-state index in [1.807, 2.05) is 19.2 Å².